The van der Waals surface area contributed by atoms with E-state index in [1.54, 1.807) is 11.0 Å². The zero-order valence-corrected chi connectivity index (χ0v) is 11.2. The monoisotopic (exact) mass is 285 g/mol. The van der Waals surface area contributed by atoms with E-state index in [-0.39, 0.29) is 17.7 Å². The highest BCUT2D eigenvalue weighted by molar-refractivity contribution is 5.94. The van der Waals surface area contributed by atoms with Crippen LogP contribution in [0.2, 0.25) is 0 Å². The molecule has 1 aliphatic rings. The molecule has 4 nitrogen and oxygen atoms in total. The van der Waals surface area contributed by atoms with Crippen LogP contribution in [0.4, 0.5) is 8.78 Å². The standard InChI is InChI=1S/C14H17F2NO3/c1-2-11-9-19-7-6-17(11)13(18)10-4-3-5-12(8-10)20-14(15)16/h3-5,8,11,14H,2,6-7,9H2,1H3/t11-/m0/s1. The van der Waals surface area contributed by atoms with E-state index in [9.17, 15) is 13.6 Å². The number of carbonyl (C=O) groups is 1. The summed E-state index contributed by atoms with van der Waals surface area (Å²) in [5, 5.41) is 0. The number of benzene rings is 1. The number of halogens is 2. The fourth-order valence-corrected chi connectivity index (χ4v) is 2.23. The molecule has 0 aromatic heterocycles. The Morgan fingerprint density at radius 3 is 3.05 bits per heavy atom. The molecule has 110 valence electrons. The lowest BCUT2D eigenvalue weighted by atomic mass is 10.1. The van der Waals surface area contributed by atoms with E-state index in [0.717, 1.165) is 6.42 Å². The van der Waals surface area contributed by atoms with Gasteiger partial charge in [-0.3, -0.25) is 4.79 Å². The predicted octanol–water partition coefficient (Wildman–Crippen LogP) is 2.54. The van der Waals surface area contributed by atoms with E-state index in [2.05, 4.69) is 4.74 Å². The number of nitrogens with zero attached hydrogens (tertiary/aromatic N) is 1. The lowest BCUT2D eigenvalue weighted by molar-refractivity contribution is -0.0499. The molecule has 0 unspecified atom stereocenters. The van der Waals surface area contributed by atoms with Gasteiger partial charge in [-0.25, -0.2) is 0 Å². The van der Waals surface area contributed by atoms with E-state index >= 15 is 0 Å². The summed E-state index contributed by atoms with van der Waals surface area (Å²) in [4.78, 5) is 14.2. The normalized spacial score (nSPS) is 19.2. The molecule has 1 atom stereocenters. The molecule has 0 radical (unpaired) electrons. The molecule has 1 aromatic rings. The lowest BCUT2D eigenvalue weighted by Crippen LogP contribution is -2.48. The lowest BCUT2D eigenvalue weighted by Gasteiger charge is -2.35. The van der Waals surface area contributed by atoms with Crippen LogP contribution >= 0.6 is 0 Å². The minimum atomic E-state index is -2.90. The van der Waals surface area contributed by atoms with Gasteiger partial charge < -0.3 is 14.4 Å². The number of alkyl halides is 2. The molecule has 6 heteroatoms. The number of ether oxygens (including phenoxy) is 2. The van der Waals surface area contributed by atoms with Gasteiger partial charge in [-0.05, 0) is 24.6 Å². The highest BCUT2D eigenvalue weighted by Crippen LogP contribution is 2.20. The van der Waals surface area contributed by atoms with Gasteiger partial charge in [-0.1, -0.05) is 13.0 Å². The van der Waals surface area contributed by atoms with Crippen LogP contribution in [-0.4, -0.2) is 43.2 Å². The zero-order chi connectivity index (χ0) is 14.5. The van der Waals surface area contributed by atoms with E-state index in [1.165, 1.54) is 18.2 Å². The molecule has 1 saturated heterocycles. The molecule has 0 aliphatic carbocycles. The summed E-state index contributed by atoms with van der Waals surface area (Å²) in [6.07, 6.45) is 0.791. The van der Waals surface area contributed by atoms with Crippen LogP contribution in [0.25, 0.3) is 0 Å². The second-order valence-electron chi connectivity index (χ2n) is 4.54. The van der Waals surface area contributed by atoms with E-state index < -0.39 is 6.61 Å². The summed E-state index contributed by atoms with van der Waals surface area (Å²) < 4.78 is 34.0. The highest BCUT2D eigenvalue weighted by Gasteiger charge is 2.26. The molecule has 0 saturated carbocycles. The van der Waals surface area contributed by atoms with Gasteiger partial charge in [0.1, 0.15) is 5.75 Å². The molecule has 1 aromatic carbocycles. The first-order chi connectivity index (χ1) is 9.61. The van der Waals surface area contributed by atoms with Crippen LogP contribution < -0.4 is 4.74 Å². The molecule has 1 fully saturated rings. The zero-order valence-electron chi connectivity index (χ0n) is 11.2. The van der Waals surface area contributed by atoms with Crippen LogP contribution in [0, 0.1) is 0 Å². The van der Waals surface area contributed by atoms with Crippen molar-refractivity contribution in [3.63, 3.8) is 0 Å². The Labute approximate surface area is 116 Å². The van der Waals surface area contributed by atoms with Crippen molar-refractivity contribution in [3.05, 3.63) is 29.8 Å². The van der Waals surface area contributed by atoms with Gasteiger partial charge >= 0.3 is 6.61 Å². The molecule has 0 spiro atoms. The summed E-state index contributed by atoms with van der Waals surface area (Å²) in [6.45, 7) is 0.602. The van der Waals surface area contributed by atoms with Crippen LogP contribution in [0.15, 0.2) is 24.3 Å². The summed E-state index contributed by atoms with van der Waals surface area (Å²) >= 11 is 0. The topological polar surface area (TPSA) is 38.8 Å². The van der Waals surface area contributed by atoms with E-state index in [0.29, 0.717) is 25.3 Å². The van der Waals surface area contributed by atoms with Crippen molar-refractivity contribution >= 4 is 5.91 Å². The fourth-order valence-electron chi connectivity index (χ4n) is 2.23. The van der Waals surface area contributed by atoms with Crippen LogP contribution in [0.1, 0.15) is 23.7 Å². The Kier molecular flexibility index (Phi) is 4.89. The van der Waals surface area contributed by atoms with Crippen molar-refractivity contribution in [2.45, 2.75) is 26.0 Å². The maximum absolute atomic E-state index is 12.4. The number of rotatable bonds is 4. The molecule has 2 rings (SSSR count). The first kappa shape index (κ1) is 14.7. The largest absolute Gasteiger partial charge is 0.435 e. The third-order valence-electron chi connectivity index (χ3n) is 3.27. The Hall–Kier alpha value is -1.69. The molecule has 1 amide bonds. The third-order valence-corrected chi connectivity index (χ3v) is 3.27. The first-order valence-corrected chi connectivity index (χ1v) is 6.55. The van der Waals surface area contributed by atoms with Crippen LogP contribution in [0.5, 0.6) is 5.75 Å². The number of morpholine rings is 1. The molecule has 0 bridgehead atoms. The smallest absolute Gasteiger partial charge is 0.387 e. The molecule has 20 heavy (non-hydrogen) atoms. The minimum absolute atomic E-state index is 0.00726. The minimum Gasteiger partial charge on any atom is -0.435 e. The molecule has 0 N–H and O–H groups in total. The fraction of sp³-hybridized carbons (Fsp3) is 0.500. The molecular formula is C14H17F2NO3. The van der Waals surface area contributed by atoms with Crippen molar-refractivity contribution in [1.82, 2.24) is 4.90 Å². The van der Waals surface area contributed by atoms with Gasteiger partial charge in [0, 0.05) is 12.1 Å². The second-order valence-corrected chi connectivity index (χ2v) is 4.54. The number of carbonyl (C=O) groups excluding carboxylic acids is 1. The van der Waals surface area contributed by atoms with Gasteiger partial charge in [-0.15, -0.1) is 0 Å². The summed E-state index contributed by atoms with van der Waals surface area (Å²) in [5.74, 6) is -0.188. The van der Waals surface area contributed by atoms with Crippen molar-refractivity contribution < 1.29 is 23.0 Å². The van der Waals surface area contributed by atoms with Gasteiger partial charge in [0.2, 0.25) is 0 Å². The molecule has 1 aliphatic heterocycles. The molecular weight excluding hydrogens is 268 g/mol. The Balaban J connectivity index is 2.15. The van der Waals surface area contributed by atoms with Crippen LogP contribution in [-0.2, 0) is 4.74 Å². The highest BCUT2D eigenvalue weighted by atomic mass is 19.3. The number of hydrogen-bond donors (Lipinski definition) is 0. The summed E-state index contributed by atoms with van der Waals surface area (Å²) in [5.41, 5.74) is 0.350. The Bertz CT molecular complexity index is 467. The maximum Gasteiger partial charge on any atom is 0.387 e. The second kappa shape index (κ2) is 6.65. The van der Waals surface area contributed by atoms with Crippen LogP contribution in [0.3, 0.4) is 0 Å². The van der Waals surface area contributed by atoms with Crippen molar-refractivity contribution in [1.29, 1.82) is 0 Å². The van der Waals surface area contributed by atoms with Crippen molar-refractivity contribution in [2.24, 2.45) is 0 Å². The maximum atomic E-state index is 12.4. The molecule has 1 heterocycles. The van der Waals surface area contributed by atoms with Gasteiger partial charge in [0.25, 0.3) is 5.91 Å². The van der Waals surface area contributed by atoms with Gasteiger partial charge in [-0.2, -0.15) is 8.78 Å². The first-order valence-electron chi connectivity index (χ1n) is 6.55. The quantitative estimate of drug-likeness (QED) is 0.853. The Morgan fingerprint density at radius 1 is 1.55 bits per heavy atom. The third kappa shape index (κ3) is 3.45. The average molecular weight is 285 g/mol. The summed E-state index contributed by atoms with van der Waals surface area (Å²) in [6, 6.07) is 5.90. The average Bonchev–Trinajstić information content (AvgIpc) is 2.46. The number of hydrogen-bond acceptors (Lipinski definition) is 3. The Morgan fingerprint density at radius 2 is 2.35 bits per heavy atom. The van der Waals surface area contributed by atoms with Gasteiger partial charge in [0.15, 0.2) is 0 Å². The summed E-state index contributed by atoms with van der Waals surface area (Å²) in [7, 11) is 0. The SMILES string of the molecule is CC[C@H]1COCCN1C(=O)c1cccc(OC(F)F)c1. The van der Waals surface area contributed by atoms with Gasteiger partial charge in [0.05, 0.1) is 19.3 Å². The predicted molar refractivity (Wildman–Crippen MR) is 69.0 cm³/mol. The van der Waals surface area contributed by atoms with Crippen molar-refractivity contribution in [3.8, 4) is 5.75 Å². The van der Waals surface area contributed by atoms with Crippen molar-refractivity contribution in [2.75, 3.05) is 19.8 Å². The van der Waals surface area contributed by atoms with E-state index in [1.807, 2.05) is 6.92 Å². The van der Waals surface area contributed by atoms with E-state index in [4.69, 9.17) is 4.74 Å². The number of amides is 1.